The second-order valence-electron chi connectivity index (χ2n) is 7.05. The summed E-state index contributed by atoms with van der Waals surface area (Å²) >= 11 is 0. The minimum atomic E-state index is -0.335. The van der Waals surface area contributed by atoms with Crippen molar-refractivity contribution in [1.82, 2.24) is 9.47 Å². The van der Waals surface area contributed by atoms with Gasteiger partial charge in [-0.05, 0) is 41.8 Å². The molecule has 0 radical (unpaired) electrons. The highest BCUT2D eigenvalue weighted by molar-refractivity contribution is 5.36. The standard InChI is InChI=1S/C22H23N3O3/c1-28-20-10-8-18(9-11-20)22-21-7-3-12-23(21)13-4-14-24(22)16-17-5-2-6-19(15-17)25(26)27/h2-3,5-12,15,22H,4,13-14,16H2,1H3/t22-/m1/s1. The van der Waals surface area contributed by atoms with Crippen molar-refractivity contribution in [1.29, 1.82) is 0 Å². The maximum Gasteiger partial charge on any atom is 0.269 e. The van der Waals surface area contributed by atoms with E-state index in [1.54, 1.807) is 19.2 Å². The number of non-ortho nitro benzene ring substituents is 1. The second kappa shape index (κ2) is 7.86. The monoisotopic (exact) mass is 377 g/mol. The van der Waals surface area contributed by atoms with E-state index in [1.165, 1.54) is 17.3 Å². The van der Waals surface area contributed by atoms with Crippen LogP contribution in [0, 0.1) is 10.1 Å². The summed E-state index contributed by atoms with van der Waals surface area (Å²) in [6.45, 7) is 2.55. The van der Waals surface area contributed by atoms with Gasteiger partial charge in [0.05, 0.1) is 18.1 Å². The first-order valence-electron chi connectivity index (χ1n) is 9.42. The molecule has 0 saturated heterocycles. The van der Waals surface area contributed by atoms with E-state index < -0.39 is 0 Å². The molecule has 28 heavy (non-hydrogen) atoms. The number of methoxy groups -OCH3 is 1. The number of benzene rings is 2. The molecule has 6 nitrogen and oxygen atoms in total. The van der Waals surface area contributed by atoms with E-state index in [0.717, 1.165) is 30.8 Å². The number of nitrogens with zero attached hydrogens (tertiary/aromatic N) is 3. The molecule has 6 heteroatoms. The lowest BCUT2D eigenvalue weighted by molar-refractivity contribution is -0.384. The molecule has 0 amide bonds. The fraction of sp³-hybridized carbons (Fsp3) is 0.273. The van der Waals surface area contributed by atoms with Gasteiger partial charge in [0.1, 0.15) is 5.75 Å². The Morgan fingerprint density at radius 3 is 2.68 bits per heavy atom. The third-order valence-corrected chi connectivity index (χ3v) is 5.29. The van der Waals surface area contributed by atoms with Crippen LogP contribution in [0.4, 0.5) is 5.69 Å². The first-order chi connectivity index (χ1) is 13.7. The van der Waals surface area contributed by atoms with Gasteiger partial charge in [0, 0.05) is 43.7 Å². The first kappa shape index (κ1) is 18.3. The molecule has 0 bridgehead atoms. The number of aryl methyl sites for hydroxylation is 1. The number of nitro groups is 1. The molecule has 2 aromatic carbocycles. The van der Waals surface area contributed by atoms with Crippen molar-refractivity contribution in [2.24, 2.45) is 0 Å². The van der Waals surface area contributed by atoms with Crippen LogP contribution in [0.25, 0.3) is 0 Å². The Hall–Kier alpha value is -3.12. The number of hydrogen-bond donors (Lipinski definition) is 0. The number of ether oxygens (including phenoxy) is 1. The zero-order valence-corrected chi connectivity index (χ0v) is 15.8. The smallest absolute Gasteiger partial charge is 0.269 e. The molecule has 3 aromatic rings. The molecule has 1 atom stereocenters. The minimum absolute atomic E-state index is 0.0858. The molecule has 4 rings (SSSR count). The molecule has 0 saturated carbocycles. The molecular formula is C22H23N3O3. The van der Waals surface area contributed by atoms with Gasteiger partial charge in [-0.1, -0.05) is 24.3 Å². The Labute approximate surface area is 164 Å². The molecule has 144 valence electrons. The van der Waals surface area contributed by atoms with Crippen LogP contribution < -0.4 is 4.74 Å². The summed E-state index contributed by atoms with van der Waals surface area (Å²) < 4.78 is 7.62. The number of rotatable bonds is 5. The maximum atomic E-state index is 11.2. The summed E-state index contributed by atoms with van der Waals surface area (Å²) in [6.07, 6.45) is 3.16. The fourth-order valence-corrected chi connectivity index (χ4v) is 3.98. The number of hydrogen-bond acceptors (Lipinski definition) is 4. The SMILES string of the molecule is COc1ccc([C@@H]2c3cccn3CCCN2Cc2cccc([N+](=O)[O-])c2)cc1. The van der Waals surface area contributed by atoms with Crippen LogP contribution in [0.5, 0.6) is 5.75 Å². The molecule has 0 spiro atoms. The van der Waals surface area contributed by atoms with E-state index in [2.05, 4.69) is 39.9 Å². The second-order valence-corrected chi connectivity index (χ2v) is 7.05. The lowest BCUT2D eigenvalue weighted by Crippen LogP contribution is -2.29. The van der Waals surface area contributed by atoms with E-state index in [4.69, 9.17) is 4.74 Å². The molecule has 1 aromatic heterocycles. The predicted molar refractivity (Wildman–Crippen MR) is 107 cm³/mol. The Bertz CT molecular complexity index is 965. The van der Waals surface area contributed by atoms with E-state index in [1.807, 2.05) is 18.2 Å². The van der Waals surface area contributed by atoms with Crippen molar-refractivity contribution in [3.63, 3.8) is 0 Å². The lowest BCUT2D eigenvalue weighted by atomic mass is 10.0. The third-order valence-electron chi connectivity index (χ3n) is 5.29. The van der Waals surface area contributed by atoms with Gasteiger partial charge < -0.3 is 9.30 Å². The molecular weight excluding hydrogens is 354 g/mol. The van der Waals surface area contributed by atoms with Gasteiger partial charge in [-0.2, -0.15) is 0 Å². The van der Waals surface area contributed by atoms with Crippen molar-refractivity contribution in [2.75, 3.05) is 13.7 Å². The van der Waals surface area contributed by atoms with Gasteiger partial charge in [-0.15, -0.1) is 0 Å². The van der Waals surface area contributed by atoms with Gasteiger partial charge in [0.15, 0.2) is 0 Å². The highest BCUT2D eigenvalue weighted by Crippen LogP contribution is 2.34. The predicted octanol–water partition coefficient (Wildman–Crippen LogP) is 4.40. The van der Waals surface area contributed by atoms with Crippen LogP contribution in [0.2, 0.25) is 0 Å². The van der Waals surface area contributed by atoms with Gasteiger partial charge in [0.2, 0.25) is 0 Å². The van der Waals surface area contributed by atoms with Crippen LogP contribution in [-0.2, 0) is 13.1 Å². The molecule has 0 fully saturated rings. The maximum absolute atomic E-state index is 11.2. The summed E-state index contributed by atoms with van der Waals surface area (Å²) in [4.78, 5) is 13.2. The zero-order chi connectivity index (χ0) is 19.5. The molecule has 1 aliphatic heterocycles. The molecule has 0 aliphatic carbocycles. The van der Waals surface area contributed by atoms with Crippen molar-refractivity contribution < 1.29 is 9.66 Å². The Kier molecular flexibility index (Phi) is 5.12. The average molecular weight is 377 g/mol. The van der Waals surface area contributed by atoms with Crippen molar-refractivity contribution in [3.8, 4) is 5.75 Å². The van der Waals surface area contributed by atoms with E-state index >= 15 is 0 Å². The quantitative estimate of drug-likeness (QED) is 0.488. The molecule has 0 N–H and O–H groups in total. The summed E-state index contributed by atoms with van der Waals surface area (Å²) in [5.41, 5.74) is 3.52. The van der Waals surface area contributed by atoms with Crippen molar-refractivity contribution in [3.05, 3.63) is 93.8 Å². The Morgan fingerprint density at radius 2 is 1.93 bits per heavy atom. The van der Waals surface area contributed by atoms with Crippen LogP contribution in [0.1, 0.15) is 29.3 Å². The Morgan fingerprint density at radius 1 is 1.11 bits per heavy atom. The molecule has 1 aliphatic rings. The largest absolute Gasteiger partial charge is 0.497 e. The average Bonchev–Trinajstić information content (AvgIpc) is 3.10. The van der Waals surface area contributed by atoms with Gasteiger partial charge in [-0.25, -0.2) is 0 Å². The number of aromatic nitrogens is 1. The Balaban J connectivity index is 1.71. The molecule has 0 unspecified atom stereocenters. The van der Waals surface area contributed by atoms with Gasteiger partial charge >= 0.3 is 0 Å². The van der Waals surface area contributed by atoms with Crippen LogP contribution >= 0.6 is 0 Å². The summed E-state index contributed by atoms with van der Waals surface area (Å²) in [6, 6.07) is 19.5. The van der Waals surface area contributed by atoms with Crippen LogP contribution in [0.3, 0.4) is 0 Å². The topological polar surface area (TPSA) is 60.5 Å². The van der Waals surface area contributed by atoms with E-state index in [9.17, 15) is 10.1 Å². The van der Waals surface area contributed by atoms with Crippen molar-refractivity contribution in [2.45, 2.75) is 25.6 Å². The normalized spacial score (nSPS) is 17.0. The third kappa shape index (κ3) is 3.64. The zero-order valence-electron chi connectivity index (χ0n) is 15.8. The summed E-state index contributed by atoms with van der Waals surface area (Å²) in [5.74, 6) is 0.831. The number of fused-ring (bicyclic) bond motifs is 1. The molecule has 2 heterocycles. The highest BCUT2D eigenvalue weighted by Gasteiger charge is 2.27. The lowest BCUT2D eigenvalue weighted by Gasteiger charge is -2.30. The summed E-state index contributed by atoms with van der Waals surface area (Å²) in [5, 5.41) is 11.2. The van der Waals surface area contributed by atoms with Gasteiger partial charge in [-0.3, -0.25) is 15.0 Å². The van der Waals surface area contributed by atoms with E-state index in [-0.39, 0.29) is 16.7 Å². The highest BCUT2D eigenvalue weighted by atomic mass is 16.6. The van der Waals surface area contributed by atoms with Crippen LogP contribution in [-0.4, -0.2) is 28.0 Å². The minimum Gasteiger partial charge on any atom is -0.497 e. The van der Waals surface area contributed by atoms with E-state index in [0.29, 0.717) is 6.54 Å². The van der Waals surface area contributed by atoms with Crippen LogP contribution in [0.15, 0.2) is 66.9 Å². The number of nitro benzene ring substituents is 1. The van der Waals surface area contributed by atoms with Crippen molar-refractivity contribution >= 4 is 5.69 Å². The van der Waals surface area contributed by atoms with Gasteiger partial charge in [0.25, 0.3) is 5.69 Å². The summed E-state index contributed by atoms with van der Waals surface area (Å²) in [7, 11) is 1.67. The fourth-order valence-electron chi connectivity index (χ4n) is 3.98. The first-order valence-corrected chi connectivity index (χ1v) is 9.42.